The molecular weight excluding hydrogens is 258 g/mol. The number of benzene rings is 1. The van der Waals surface area contributed by atoms with E-state index in [1.807, 2.05) is 30.5 Å². The lowest BCUT2D eigenvalue weighted by Gasteiger charge is -2.01. The topological polar surface area (TPSA) is 80.5 Å². The molecule has 0 fully saturated rings. The summed E-state index contributed by atoms with van der Waals surface area (Å²) >= 11 is 1.61. The third-order valence-corrected chi connectivity index (χ3v) is 3.65. The van der Waals surface area contributed by atoms with Crippen LogP contribution in [-0.4, -0.2) is 20.2 Å². The molecule has 0 bridgehead atoms. The van der Waals surface area contributed by atoms with Crippen molar-refractivity contribution in [2.24, 2.45) is 0 Å². The van der Waals surface area contributed by atoms with Crippen LogP contribution in [0.15, 0.2) is 29.8 Å². The number of H-pyrrole nitrogens is 1. The Morgan fingerprint density at radius 2 is 2.26 bits per heavy atom. The summed E-state index contributed by atoms with van der Waals surface area (Å²) in [6, 6.07) is 5.84. The summed E-state index contributed by atoms with van der Waals surface area (Å²) in [4.78, 5) is 8.70. The molecule has 0 saturated carbocycles. The van der Waals surface area contributed by atoms with Gasteiger partial charge in [0.25, 0.3) is 0 Å². The molecule has 0 atom stereocenters. The molecule has 3 N–H and O–H groups in total. The van der Waals surface area contributed by atoms with E-state index in [-0.39, 0.29) is 0 Å². The van der Waals surface area contributed by atoms with Crippen molar-refractivity contribution < 1.29 is 0 Å². The maximum atomic E-state index is 5.90. The molecule has 6 heteroatoms. The van der Waals surface area contributed by atoms with E-state index in [0.29, 0.717) is 12.2 Å². The van der Waals surface area contributed by atoms with E-state index in [9.17, 15) is 0 Å². The molecule has 0 aliphatic carbocycles. The van der Waals surface area contributed by atoms with Crippen molar-refractivity contribution in [1.29, 1.82) is 0 Å². The van der Waals surface area contributed by atoms with E-state index in [0.717, 1.165) is 27.6 Å². The van der Waals surface area contributed by atoms with Gasteiger partial charge in [-0.2, -0.15) is 5.10 Å². The molecule has 5 nitrogen and oxygen atoms in total. The molecule has 2 heterocycles. The van der Waals surface area contributed by atoms with E-state index < -0.39 is 0 Å². The molecule has 0 saturated heterocycles. The smallest absolute Gasteiger partial charge is 0.181 e. The molecule has 0 aliphatic rings. The average molecular weight is 271 g/mol. The number of aryl methyl sites for hydroxylation is 1. The molecule has 3 aromatic rings. The normalized spacial score (nSPS) is 10.8. The number of nitrogens with one attached hydrogen (secondary N) is 1. The number of thiazole rings is 1. The van der Waals surface area contributed by atoms with E-state index in [2.05, 4.69) is 20.2 Å². The van der Waals surface area contributed by atoms with Crippen LogP contribution in [0.25, 0.3) is 11.4 Å². The first-order chi connectivity index (χ1) is 9.22. The number of rotatable bonds is 3. The minimum Gasteiger partial charge on any atom is -0.398 e. The van der Waals surface area contributed by atoms with E-state index >= 15 is 0 Å². The van der Waals surface area contributed by atoms with Crippen molar-refractivity contribution >= 4 is 17.0 Å². The predicted molar refractivity (Wildman–Crippen MR) is 75.9 cm³/mol. The second kappa shape index (κ2) is 4.81. The van der Waals surface area contributed by atoms with Crippen molar-refractivity contribution in [2.75, 3.05) is 5.73 Å². The van der Waals surface area contributed by atoms with Crippen LogP contribution >= 0.6 is 11.3 Å². The fourth-order valence-electron chi connectivity index (χ4n) is 1.77. The van der Waals surface area contributed by atoms with Crippen LogP contribution in [0.2, 0.25) is 0 Å². The largest absolute Gasteiger partial charge is 0.398 e. The summed E-state index contributed by atoms with van der Waals surface area (Å²) in [6.07, 6.45) is 2.46. The van der Waals surface area contributed by atoms with Gasteiger partial charge in [-0.25, -0.2) is 9.97 Å². The first-order valence-electron chi connectivity index (χ1n) is 5.88. The molecule has 0 radical (unpaired) electrons. The Morgan fingerprint density at radius 1 is 1.37 bits per heavy atom. The lowest BCUT2D eigenvalue weighted by Crippen LogP contribution is -1.91. The zero-order valence-electron chi connectivity index (χ0n) is 10.4. The number of hydrogen-bond donors (Lipinski definition) is 2. The summed E-state index contributed by atoms with van der Waals surface area (Å²) in [5, 5.41) is 10.1. The van der Waals surface area contributed by atoms with Crippen molar-refractivity contribution in [3.8, 4) is 11.4 Å². The summed E-state index contributed by atoms with van der Waals surface area (Å²) in [6.45, 7) is 1.98. The molecular formula is C13H13N5S. The molecule has 0 unspecified atom stereocenters. The maximum Gasteiger partial charge on any atom is 0.181 e. The highest BCUT2D eigenvalue weighted by Gasteiger charge is 2.08. The van der Waals surface area contributed by atoms with Gasteiger partial charge in [-0.3, -0.25) is 5.10 Å². The minimum absolute atomic E-state index is 0.665. The quantitative estimate of drug-likeness (QED) is 0.717. The van der Waals surface area contributed by atoms with Crippen LogP contribution in [0.1, 0.15) is 16.4 Å². The second-order valence-corrected chi connectivity index (χ2v) is 5.26. The number of aromatic nitrogens is 4. The van der Waals surface area contributed by atoms with Crippen LogP contribution in [0.4, 0.5) is 5.69 Å². The number of nitrogen functional groups attached to an aromatic ring is 1. The van der Waals surface area contributed by atoms with Crippen molar-refractivity contribution in [3.63, 3.8) is 0 Å². The van der Waals surface area contributed by atoms with Gasteiger partial charge in [-0.05, 0) is 18.6 Å². The standard InChI is InChI=1S/C13H13N5S/c1-8-2-3-9(6-10(8)14)13-16-11(17-18-13)7-12-15-4-5-19-12/h2-6H,7,14H2,1H3,(H,16,17,18). The Hall–Kier alpha value is -2.21. The molecule has 2 aromatic heterocycles. The number of anilines is 1. The molecule has 0 spiro atoms. The van der Waals surface area contributed by atoms with Crippen LogP contribution < -0.4 is 5.73 Å². The lowest BCUT2D eigenvalue weighted by molar-refractivity contribution is 0.963. The van der Waals surface area contributed by atoms with Crippen LogP contribution in [0, 0.1) is 6.92 Å². The maximum absolute atomic E-state index is 5.90. The lowest BCUT2D eigenvalue weighted by atomic mass is 10.1. The summed E-state index contributed by atoms with van der Waals surface area (Å²) in [7, 11) is 0. The first kappa shape index (κ1) is 11.9. The van der Waals surface area contributed by atoms with E-state index in [4.69, 9.17) is 5.73 Å². The van der Waals surface area contributed by atoms with Crippen molar-refractivity contribution in [1.82, 2.24) is 20.2 Å². The zero-order valence-corrected chi connectivity index (χ0v) is 11.2. The van der Waals surface area contributed by atoms with Crippen LogP contribution in [0.3, 0.4) is 0 Å². The highest BCUT2D eigenvalue weighted by atomic mass is 32.1. The van der Waals surface area contributed by atoms with Gasteiger partial charge in [0.1, 0.15) is 10.8 Å². The molecule has 0 aliphatic heterocycles. The number of nitrogens with zero attached hydrogens (tertiary/aromatic N) is 3. The third kappa shape index (κ3) is 2.48. The number of nitrogens with two attached hydrogens (primary N) is 1. The van der Waals surface area contributed by atoms with E-state index in [1.165, 1.54) is 0 Å². The minimum atomic E-state index is 0.665. The third-order valence-electron chi connectivity index (χ3n) is 2.87. The zero-order chi connectivity index (χ0) is 13.2. The Labute approximate surface area is 114 Å². The highest BCUT2D eigenvalue weighted by molar-refractivity contribution is 7.09. The van der Waals surface area contributed by atoms with Gasteiger partial charge in [0, 0.05) is 22.8 Å². The average Bonchev–Trinajstić information content (AvgIpc) is 3.05. The molecule has 96 valence electrons. The Morgan fingerprint density at radius 3 is 3.00 bits per heavy atom. The number of hydrogen-bond acceptors (Lipinski definition) is 5. The Kier molecular flexibility index (Phi) is 3.00. The number of aromatic amines is 1. The van der Waals surface area contributed by atoms with Crippen LogP contribution in [0.5, 0.6) is 0 Å². The summed E-state index contributed by atoms with van der Waals surface area (Å²) in [5.74, 6) is 1.47. The second-order valence-electron chi connectivity index (χ2n) is 4.28. The van der Waals surface area contributed by atoms with Gasteiger partial charge in [0.15, 0.2) is 5.82 Å². The van der Waals surface area contributed by atoms with Gasteiger partial charge in [0.05, 0.1) is 6.42 Å². The Bertz CT molecular complexity index is 687. The fourth-order valence-corrected chi connectivity index (χ4v) is 2.39. The Balaban J connectivity index is 1.86. The van der Waals surface area contributed by atoms with Gasteiger partial charge in [-0.15, -0.1) is 11.3 Å². The summed E-state index contributed by atoms with van der Waals surface area (Å²) in [5.41, 5.74) is 8.63. The summed E-state index contributed by atoms with van der Waals surface area (Å²) < 4.78 is 0. The van der Waals surface area contributed by atoms with Crippen molar-refractivity contribution in [2.45, 2.75) is 13.3 Å². The SMILES string of the molecule is Cc1ccc(-c2n[nH]c(Cc3nccs3)n2)cc1N. The van der Waals surface area contributed by atoms with Gasteiger partial charge < -0.3 is 5.73 Å². The van der Waals surface area contributed by atoms with Gasteiger partial charge >= 0.3 is 0 Å². The fraction of sp³-hybridized carbons (Fsp3) is 0.154. The monoisotopic (exact) mass is 271 g/mol. The van der Waals surface area contributed by atoms with Gasteiger partial charge in [0.2, 0.25) is 0 Å². The molecule has 1 aromatic carbocycles. The highest BCUT2D eigenvalue weighted by Crippen LogP contribution is 2.21. The first-order valence-corrected chi connectivity index (χ1v) is 6.76. The molecule has 0 amide bonds. The molecule has 3 rings (SSSR count). The van der Waals surface area contributed by atoms with E-state index in [1.54, 1.807) is 17.5 Å². The molecule has 19 heavy (non-hydrogen) atoms. The van der Waals surface area contributed by atoms with Gasteiger partial charge in [-0.1, -0.05) is 12.1 Å². The van der Waals surface area contributed by atoms with Crippen LogP contribution in [-0.2, 0) is 6.42 Å². The predicted octanol–water partition coefficient (Wildman–Crippen LogP) is 2.41. The van der Waals surface area contributed by atoms with Crippen molar-refractivity contribution in [3.05, 3.63) is 46.2 Å².